The Kier molecular flexibility index (Phi) is 6.05. The lowest BCUT2D eigenvalue weighted by Gasteiger charge is -2.26. The number of methoxy groups -OCH3 is 1. The maximum absolute atomic E-state index is 13.2. The number of rotatable bonds is 7. The van der Waals surface area contributed by atoms with E-state index in [-0.39, 0.29) is 5.92 Å². The van der Waals surface area contributed by atoms with Gasteiger partial charge in [0.05, 0.1) is 23.9 Å². The van der Waals surface area contributed by atoms with E-state index in [2.05, 4.69) is 10.3 Å². The lowest BCUT2D eigenvalue weighted by molar-refractivity contribution is -0.120. The first-order valence-corrected chi connectivity index (χ1v) is 11.2. The molecule has 164 valence electrons. The van der Waals surface area contributed by atoms with Gasteiger partial charge >= 0.3 is 0 Å². The average molecular weight is 450 g/mol. The summed E-state index contributed by atoms with van der Waals surface area (Å²) in [6, 6.07) is 13.2. The molecular weight excluding hydrogens is 426 g/mol. The lowest BCUT2D eigenvalue weighted by Crippen LogP contribution is -2.47. The molecule has 0 spiro atoms. The molecule has 32 heavy (non-hydrogen) atoms. The van der Waals surface area contributed by atoms with Gasteiger partial charge in [-0.1, -0.05) is 38.1 Å². The minimum atomic E-state index is -0.930. The standard InChI is InChI=1S/C24H23N3O4S/c1-14(2)12-19(27-22(29)15-8-4-5-9-16(15)23(27)30)21(28)26-24-25-18(13-32-24)17-10-6-7-11-20(17)31-3/h4-11,13-14,19H,12H2,1-3H3,(H,25,26,28). The van der Waals surface area contributed by atoms with Crippen molar-refractivity contribution >= 4 is 34.2 Å². The second-order valence-corrected chi connectivity index (χ2v) is 8.76. The molecule has 7 nitrogen and oxygen atoms in total. The maximum Gasteiger partial charge on any atom is 0.262 e. The largest absolute Gasteiger partial charge is 0.496 e. The zero-order chi connectivity index (χ0) is 22.8. The van der Waals surface area contributed by atoms with Crippen LogP contribution in [0.5, 0.6) is 5.75 Å². The molecule has 1 aliphatic heterocycles. The molecule has 0 bridgehead atoms. The molecule has 8 heteroatoms. The van der Waals surface area contributed by atoms with Gasteiger partial charge in [-0.3, -0.25) is 19.3 Å². The number of hydrogen-bond acceptors (Lipinski definition) is 6. The van der Waals surface area contributed by atoms with Gasteiger partial charge in [0.2, 0.25) is 5.91 Å². The van der Waals surface area contributed by atoms with Crippen LogP contribution in [-0.4, -0.2) is 40.8 Å². The van der Waals surface area contributed by atoms with E-state index >= 15 is 0 Å². The topological polar surface area (TPSA) is 88.6 Å². The number of ether oxygens (including phenoxy) is 1. The molecule has 0 radical (unpaired) electrons. The average Bonchev–Trinajstić information content (AvgIpc) is 3.35. The second-order valence-electron chi connectivity index (χ2n) is 7.90. The highest BCUT2D eigenvalue weighted by atomic mass is 32.1. The number of nitrogens with zero attached hydrogens (tertiary/aromatic N) is 2. The highest BCUT2D eigenvalue weighted by molar-refractivity contribution is 7.14. The number of hydrogen-bond donors (Lipinski definition) is 1. The summed E-state index contributed by atoms with van der Waals surface area (Å²) in [4.78, 5) is 44.7. The molecule has 3 amide bonds. The van der Waals surface area contributed by atoms with E-state index in [4.69, 9.17) is 4.74 Å². The molecular formula is C24H23N3O4S. The number of carbonyl (C=O) groups is 3. The molecule has 1 atom stereocenters. The van der Waals surface area contributed by atoms with E-state index < -0.39 is 23.8 Å². The fourth-order valence-corrected chi connectivity index (χ4v) is 4.48. The predicted molar refractivity (Wildman–Crippen MR) is 123 cm³/mol. The summed E-state index contributed by atoms with van der Waals surface area (Å²) in [7, 11) is 1.59. The number of amides is 3. The van der Waals surface area contributed by atoms with Gasteiger partial charge in [-0.25, -0.2) is 4.98 Å². The molecule has 2 aromatic carbocycles. The quantitative estimate of drug-likeness (QED) is 0.538. The third kappa shape index (κ3) is 4.01. The molecule has 2 heterocycles. The van der Waals surface area contributed by atoms with E-state index in [1.807, 2.05) is 43.5 Å². The Labute approximate surface area is 190 Å². The van der Waals surface area contributed by atoms with Crippen molar-refractivity contribution in [1.82, 2.24) is 9.88 Å². The number of benzene rings is 2. The van der Waals surface area contributed by atoms with E-state index in [1.165, 1.54) is 11.3 Å². The smallest absolute Gasteiger partial charge is 0.262 e. The Balaban J connectivity index is 1.59. The van der Waals surface area contributed by atoms with E-state index in [9.17, 15) is 14.4 Å². The monoisotopic (exact) mass is 449 g/mol. The van der Waals surface area contributed by atoms with Crippen LogP contribution in [0.25, 0.3) is 11.3 Å². The Hall–Kier alpha value is -3.52. The van der Waals surface area contributed by atoms with E-state index in [1.54, 1.807) is 31.4 Å². The van der Waals surface area contributed by atoms with Gasteiger partial charge < -0.3 is 10.1 Å². The molecule has 1 aliphatic rings. The molecule has 0 aliphatic carbocycles. The Bertz CT molecular complexity index is 1150. The van der Waals surface area contributed by atoms with Crippen molar-refractivity contribution in [3.63, 3.8) is 0 Å². The van der Waals surface area contributed by atoms with Crippen LogP contribution in [0.2, 0.25) is 0 Å². The van der Waals surface area contributed by atoms with Gasteiger partial charge in [-0.2, -0.15) is 0 Å². The number of thiazole rings is 1. The molecule has 0 saturated heterocycles. The minimum absolute atomic E-state index is 0.0931. The van der Waals surface area contributed by atoms with Crippen molar-refractivity contribution in [2.45, 2.75) is 26.3 Å². The van der Waals surface area contributed by atoms with Gasteiger partial charge in [-0.05, 0) is 36.6 Å². The van der Waals surface area contributed by atoms with Gasteiger partial charge in [0, 0.05) is 10.9 Å². The SMILES string of the molecule is COc1ccccc1-c1csc(NC(=O)C(CC(C)C)N2C(=O)c3ccccc3C2=O)n1. The van der Waals surface area contributed by atoms with Crippen LogP contribution >= 0.6 is 11.3 Å². The Morgan fingerprint density at radius 3 is 2.22 bits per heavy atom. The van der Waals surface area contributed by atoms with Crippen molar-refractivity contribution in [3.8, 4) is 17.0 Å². The fraction of sp³-hybridized carbons (Fsp3) is 0.250. The summed E-state index contributed by atoms with van der Waals surface area (Å²) in [5, 5.41) is 5.02. The van der Waals surface area contributed by atoms with Crippen LogP contribution in [0, 0.1) is 5.92 Å². The first kappa shape index (κ1) is 21.7. The summed E-state index contributed by atoms with van der Waals surface area (Å²) in [6.45, 7) is 3.89. The van der Waals surface area contributed by atoms with Crippen molar-refractivity contribution in [2.24, 2.45) is 5.92 Å². The highest BCUT2D eigenvalue weighted by Crippen LogP contribution is 2.32. The molecule has 1 N–H and O–H groups in total. The number of para-hydroxylation sites is 1. The summed E-state index contributed by atoms with van der Waals surface area (Å²) in [5.74, 6) is -0.551. The third-order valence-electron chi connectivity index (χ3n) is 5.25. The molecule has 0 saturated carbocycles. The minimum Gasteiger partial charge on any atom is -0.496 e. The van der Waals surface area contributed by atoms with Gasteiger partial charge in [0.15, 0.2) is 5.13 Å². The van der Waals surface area contributed by atoms with Crippen LogP contribution in [0.4, 0.5) is 5.13 Å². The van der Waals surface area contributed by atoms with Crippen molar-refractivity contribution in [3.05, 3.63) is 65.0 Å². The van der Waals surface area contributed by atoms with E-state index in [0.29, 0.717) is 34.1 Å². The van der Waals surface area contributed by atoms with E-state index in [0.717, 1.165) is 10.5 Å². The number of aromatic nitrogens is 1. The number of imide groups is 1. The van der Waals surface area contributed by atoms with Gasteiger partial charge in [-0.15, -0.1) is 11.3 Å². The highest BCUT2D eigenvalue weighted by Gasteiger charge is 2.42. The van der Waals surface area contributed by atoms with Crippen LogP contribution in [-0.2, 0) is 4.79 Å². The Morgan fingerprint density at radius 2 is 1.62 bits per heavy atom. The van der Waals surface area contributed by atoms with Gasteiger partial charge in [0.25, 0.3) is 11.8 Å². The summed E-state index contributed by atoms with van der Waals surface area (Å²) < 4.78 is 5.39. The number of carbonyl (C=O) groups excluding carboxylic acids is 3. The van der Waals surface area contributed by atoms with Gasteiger partial charge in [0.1, 0.15) is 11.8 Å². The van der Waals surface area contributed by atoms with Crippen molar-refractivity contribution in [1.29, 1.82) is 0 Å². The summed E-state index contributed by atoms with van der Waals surface area (Å²) >= 11 is 1.27. The second kappa shape index (κ2) is 8.92. The van der Waals surface area contributed by atoms with Crippen molar-refractivity contribution in [2.75, 3.05) is 12.4 Å². The first-order valence-electron chi connectivity index (χ1n) is 10.3. The lowest BCUT2D eigenvalue weighted by atomic mass is 10.0. The van der Waals surface area contributed by atoms with Crippen LogP contribution in [0.1, 0.15) is 41.0 Å². The third-order valence-corrected chi connectivity index (χ3v) is 6.01. The van der Waals surface area contributed by atoms with Crippen LogP contribution < -0.4 is 10.1 Å². The number of fused-ring (bicyclic) bond motifs is 1. The zero-order valence-corrected chi connectivity index (χ0v) is 18.8. The molecule has 3 aromatic rings. The molecule has 4 rings (SSSR count). The number of nitrogens with one attached hydrogen (secondary N) is 1. The summed E-state index contributed by atoms with van der Waals surface area (Å²) in [5.41, 5.74) is 2.13. The summed E-state index contributed by atoms with van der Waals surface area (Å²) in [6.07, 6.45) is 0.349. The number of anilines is 1. The fourth-order valence-electron chi connectivity index (χ4n) is 3.77. The normalized spacial score (nSPS) is 13.9. The first-order chi connectivity index (χ1) is 15.4. The molecule has 1 aromatic heterocycles. The van der Waals surface area contributed by atoms with Crippen molar-refractivity contribution < 1.29 is 19.1 Å². The zero-order valence-electron chi connectivity index (χ0n) is 18.0. The molecule has 1 unspecified atom stereocenters. The predicted octanol–water partition coefficient (Wildman–Crippen LogP) is 4.47. The molecule has 0 fully saturated rings. The maximum atomic E-state index is 13.2. The van der Waals surface area contributed by atoms with Crippen LogP contribution in [0.3, 0.4) is 0 Å². The Morgan fingerprint density at radius 1 is 1.03 bits per heavy atom. The van der Waals surface area contributed by atoms with Crippen LogP contribution in [0.15, 0.2) is 53.9 Å².